The van der Waals surface area contributed by atoms with Gasteiger partial charge in [-0.1, -0.05) is 52.9 Å². The summed E-state index contributed by atoms with van der Waals surface area (Å²) >= 11 is 0. The van der Waals surface area contributed by atoms with Crippen LogP contribution < -0.4 is 16.2 Å². The van der Waals surface area contributed by atoms with Gasteiger partial charge in [-0.2, -0.15) is 12.7 Å². The summed E-state index contributed by atoms with van der Waals surface area (Å²) < 4.78 is 26.5. The van der Waals surface area contributed by atoms with Crippen LogP contribution in [0.5, 0.6) is 0 Å². The van der Waals surface area contributed by atoms with Crippen molar-refractivity contribution in [3.05, 3.63) is 0 Å². The summed E-state index contributed by atoms with van der Waals surface area (Å²) in [7, 11) is -4.46. The van der Waals surface area contributed by atoms with Crippen molar-refractivity contribution >= 4 is 22.1 Å². The predicted octanol–water partition coefficient (Wildman–Crippen LogP) is 2.60. The summed E-state index contributed by atoms with van der Waals surface area (Å²) in [6, 6.07) is -2.58. The van der Waals surface area contributed by atoms with E-state index in [4.69, 9.17) is 10.9 Å². The monoisotopic (exact) mass is 514 g/mol. The predicted molar refractivity (Wildman–Crippen MR) is 135 cm³/mol. The second-order valence-corrected chi connectivity index (χ2v) is 13.3. The van der Waals surface area contributed by atoms with E-state index in [0.717, 1.165) is 49.3 Å². The molecule has 0 unspecified atom stereocenters. The molecule has 35 heavy (non-hydrogen) atoms. The number of aliphatic carboxylic acids is 1. The van der Waals surface area contributed by atoms with Crippen molar-refractivity contribution in [2.24, 2.45) is 40.0 Å². The molecule has 0 heterocycles. The van der Waals surface area contributed by atoms with Gasteiger partial charge in [0.2, 0.25) is 5.91 Å². The van der Waals surface area contributed by atoms with E-state index in [-0.39, 0.29) is 29.7 Å². The Bertz CT molecular complexity index is 858. The highest BCUT2D eigenvalue weighted by Crippen LogP contribution is 2.61. The molecule has 0 aromatic rings. The zero-order chi connectivity index (χ0) is 26.0. The van der Waals surface area contributed by atoms with Gasteiger partial charge in [0.25, 0.3) is 10.2 Å². The van der Waals surface area contributed by atoms with E-state index in [1.165, 1.54) is 0 Å². The molecule has 0 saturated heterocycles. The molecule has 2 bridgehead atoms. The number of carboxylic acid groups (broad SMARTS) is 1. The van der Waals surface area contributed by atoms with E-state index < -0.39 is 34.2 Å². The van der Waals surface area contributed by atoms with Crippen LogP contribution in [0.3, 0.4) is 0 Å². The molecule has 4 saturated carbocycles. The van der Waals surface area contributed by atoms with E-state index in [9.17, 15) is 23.1 Å². The quantitative estimate of drug-likeness (QED) is 0.293. The van der Waals surface area contributed by atoms with Gasteiger partial charge < -0.3 is 16.2 Å². The van der Waals surface area contributed by atoms with Crippen molar-refractivity contribution in [2.75, 3.05) is 6.54 Å². The van der Waals surface area contributed by atoms with Crippen LogP contribution in [0.2, 0.25) is 0 Å². The molecule has 6 N–H and O–H groups in total. The lowest BCUT2D eigenvalue weighted by Crippen LogP contribution is -2.64. The summed E-state index contributed by atoms with van der Waals surface area (Å²) in [6.45, 7) is 7.11. The molecule has 0 spiro atoms. The lowest BCUT2D eigenvalue weighted by molar-refractivity contribution is -0.144. The standard InChI is InChI=1S/C25H46N4O5S/c1-16-19-14-18(25(19,2)3)15-20(16)28-23(30)22(13-17-9-5-4-6-10-17)29(35(27,33)34)21(24(31)32)11-7-8-12-26/h16-22H,4-15,26H2,1-3H3,(H,28,30)(H,31,32)(H2,27,33,34)/t16-,18+,19-,20-,21-,22-/m0/s1. The van der Waals surface area contributed by atoms with Crippen LogP contribution in [0, 0.1) is 29.1 Å². The second kappa shape index (κ2) is 11.4. The molecule has 4 fully saturated rings. The molecule has 4 aliphatic rings. The fourth-order valence-corrected chi connectivity index (χ4v) is 8.18. The van der Waals surface area contributed by atoms with Gasteiger partial charge in [-0.25, -0.2) is 5.14 Å². The summed E-state index contributed by atoms with van der Waals surface area (Å²) in [5.74, 6) is -0.212. The van der Waals surface area contributed by atoms with Gasteiger partial charge in [0, 0.05) is 6.04 Å². The highest BCUT2D eigenvalue weighted by atomic mass is 32.2. The first-order valence-electron chi connectivity index (χ1n) is 13.4. The van der Waals surface area contributed by atoms with Gasteiger partial charge in [-0.15, -0.1) is 0 Å². The Kier molecular flexibility index (Phi) is 9.26. The molecule has 10 heteroatoms. The Morgan fingerprint density at radius 3 is 2.29 bits per heavy atom. The summed E-state index contributed by atoms with van der Waals surface area (Å²) in [4.78, 5) is 26.0. The van der Waals surface area contributed by atoms with Crippen LogP contribution in [-0.2, 0) is 19.8 Å². The Labute approximate surface area is 210 Å². The highest BCUT2D eigenvalue weighted by molar-refractivity contribution is 7.86. The molecule has 0 aromatic carbocycles. The maximum absolute atomic E-state index is 13.8. The van der Waals surface area contributed by atoms with E-state index in [1.54, 1.807) is 0 Å². The van der Waals surface area contributed by atoms with Crippen LogP contribution in [0.1, 0.15) is 91.4 Å². The molecule has 9 nitrogen and oxygen atoms in total. The van der Waals surface area contributed by atoms with Crippen molar-refractivity contribution < 1.29 is 23.1 Å². The van der Waals surface area contributed by atoms with E-state index >= 15 is 0 Å². The van der Waals surface area contributed by atoms with Crippen molar-refractivity contribution in [3.8, 4) is 0 Å². The second-order valence-electron chi connectivity index (χ2n) is 11.8. The number of nitrogens with two attached hydrogens (primary N) is 2. The van der Waals surface area contributed by atoms with Gasteiger partial charge in [-0.3, -0.25) is 9.59 Å². The molecule has 4 aliphatic carbocycles. The van der Waals surface area contributed by atoms with E-state index in [0.29, 0.717) is 37.6 Å². The van der Waals surface area contributed by atoms with Crippen molar-refractivity contribution in [2.45, 2.75) is 110 Å². The average Bonchev–Trinajstić information content (AvgIpc) is 2.78. The minimum Gasteiger partial charge on any atom is -0.480 e. The first kappa shape index (κ1) is 28.3. The Morgan fingerprint density at radius 1 is 1.11 bits per heavy atom. The molecule has 0 radical (unpaired) electrons. The van der Waals surface area contributed by atoms with Gasteiger partial charge in [0.1, 0.15) is 12.1 Å². The fourth-order valence-electron chi connectivity index (χ4n) is 7.10. The van der Waals surface area contributed by atoms with Crippen molar-refractivity contribution in [1.29, 1.82) is 0 Å². The van der Waals surface area contributed by atoms with Gasteiger partial charge in [0.15, 0.2) is 0 Å². The number of hydrogen-bond donors (Lipinski definition) is 4. The van der Waals surface area contributed by atoms with Crippen LogP contribution in [0.25, 0.3) is 0 Å². The molecule has 1 amide bonds. The third kappa shape index (κ3) is 6.37. The summed E-state index contributed by atoms with van der Waals surface area (Å²) in [5.41, 5.74) is 5.82. The number of rotatable bonds is 12. The number of carboxylic acids is 1. The zero-order valence-corrected chi connectivity index (χ0v) is 22.4. The largest absolute Gasteiger partial charge is 0.480 e. The molecule has 6 atom stereocenters. The third-order valence-corrected chi connectivity index (χ3v) is 10.5. The number of fused-ring (bicyclic) bond motifs is 2. The van der Waals surface area contributed by atoms with Crippen molar-refractivity contribution in [3.63, 3.8) is 0 Å². The van der Waals surface area contributed by atoms with Crippen molar-refractivity contribution in [1.82, 2.24) is 9.62 Å². The summed E-state index contributed by atoms with van der Waals surface area (Å²) in [6.07, 6.45) is 8.40. The maximum atomic E-state index is 13.8. The van der Waals surface area contributed by atoms with Gasteiger partial charge in [-0.05, 0) is 74.2 Å². The molecule has 4 rings (SSSR count). The number of hydrogen-bond acceptors (Lipinski definition) is 5. The Morgan fingerprint density at radius 2 is 1.77 bits per heavy atom. The van der Waals surface area contributed by atoms with Crippen LogP contribution in [0.15, 0.2) is 0 Å². The van der Waals surface area contributed by atoms with E-state index in [2.05, 4.69) is 26.1 Å². The minimum atomic E-state index is -4.46. The topological polar surface area (TPSA) is 156 Å². The highest BCUT2D eigenvalue weighted by Gasteiger charge is 2.56. The first-order chi connectivity index (χ1) is 16.4. The molecular formula is C25H46N4O5S. The maximum Gasteiger partial charge on any atom is 0.322 e. The number of carbonyl (C=O) groups is 2. The van der Waals surface area contributed by atoms with E-state index in [1.807, 2.05) is 0 Å². The van der Waals surface area contributed by atoms with Gasteiger partial charge in [0.05, 0.1) is 0 Å². The number of amides is 1. The molecule has 0 aliphatic heterocycles. The zero-order valence-electron chi connectivity index (χ0n) is 21.6. The lowest BCUT2D eigenvalue weighted by atomic mass is 9.45. The first-order valence-corrected chi connectivity index (χ1v) is 14.9. The Hall–Kier alpha value is -1.23. The van der Waals surface area contributed by atoms with Gasteiger partial charge >= 0.3 is 5.97 Å². The number of carbonyl (C=O) groups excluding carboxylic acids is 1. The SMILES string of the molecule is C[C@@H]1[C@@H](NC(=O)[C@H](CC2CCCCC2)N([C@@H](CCCCN)C(=O)O)S(N)(=O)=O)C[C@H]2C[C@@H]1C2(C)C. The number of nitrogens with zero attached hydrogens (tertiary/aromatic N) is 1. The van der Waals surface area contributed by atoms with Crippen LogP contribution in [-0.4, -0.2) is 54.4 Å². The van der Waals surface area contributed by atoms with Crippen LogP contribution >= 0.6 is 0 Å². The summed E-state index contributed by atoms with van der Waals surface area (Å²) in [5, 5.41) is 18.8. The average molecular weight is 515 g/mol. The molecule has 0 aromatic heterocycles. The smallest absolute Gasteiger partial charge is 0.322 e. The third-order valence-electron chi connectivity index (χ3n) is 9.39. The fraction of sp³-hybridized carbons (Fsp3) is 0.920. The molecular weight excluding hydrogens is 468 g/mol. The lowest BCUT2D eigenvalue weighted by Gasteiger charge is -2.62. The minimum absolute atomic E-state index is 0.0454. The van der Waals surface area contributed by atoms with Crippen LogP contribution in [0.4, 0.5) is 0 Å². The normalized spacial score (nSPS) is 30.3. The Balaban J connectivity index is 1.87. The molecule has 202 valence electrons. The number of nitrogens with one attached hydrogen (secondary N) is 1. The number of unbranched alkanes of at least 4 members (excludes halogenated alkanes) is 1.